The van der Waals surface area contributed by atoms with Gasteiger partial charge in [-0.15, -0.1) is 0 Å². The lowest BCUT2D eigenvalue weighted by Gasteiger charge is -2.27. The molecule has 1 heteroatoms. The van der Waals surface area contributed by atoms with Crippen LogP contribution in [0.4, 0.5) is 0 Å². The Morgan fingerprint density at radius 1 is 1.23 bits per heavy atom. The highest BCUT2D eigenvalue weighted by molar-refractivity contribution is 4.92. The van der Waals surface area contributed by atoms with E-state index in [4.69, 9.17) is 0 Å². The second kappa shape index (κ2) is 4.99. The van der Waals surface area contributed by atoms with E-state index in [9.17, 15) is 0 Å². The Hall–Kier alpha value is -0.0400. The Balaban J connectivity index is 0.000000396. The molecule has 1 aliphatic carbocycles. The normalized spacial score (nSPS) is 32.1. The predicted molar refractivity (Wildman–Crippen MR) is 58.8 cm³/mol. The minimum atomic E-state index is 0.852. The van der Waals surface area contributed by atoms with E-state index in [1.807, 2.05) is 13.8 Å². The van der Waals surface area contributed by atoms with Gasteiger partial charge in [-0.1, -0.05) is 27.7 Å². The fourth-order valence-electron chi connectivity index (χ4n) is 2.34. The first-order chi connectivity index (χ1) is 6.25. The summed E-state index contributed by atoms with van der Waals surface area (Å²) in [5.74, 6) is 3.09. The van der Waals surface area contributed by atoms with Gasteiger partial charge in [0.05, 0.1) is 0 Å². The molecule has 2 fully saturated rings. The summed E-state index contributed by atoms with van der Waals surface area (Å²) in [6.45, 7) is 12.7. The minimum Gasteiger partial charge on any atom is -0.303 e. The molecule has 0 spiro atoms. The second-order valence-corrected chi connectivity index (χ2v) is 4.70. The molecule has 0 aromatic carbocycles. The van der Waals surface area contributed by atoms with Crippen LogP contribution in [0.5, 0.6) is 0 Å². The molecule has 0 radical (unpaired) electrons. The first kappa shape index (κ1) is 11.0. The van der Waals surface area contributed by atoms with Gasteiger partial charge in [0.15, 0.2) is 0 Å². The lowest BCUT2D eigenvalue weighted by atomic mass is 10.1. The molecular formula is C12H25N. The van der Waals surface area contributed by atoms with E-state index in [2.05, 4.69) is 18.7 Å². The summed E-state index contributed by atoms with van der Waals surface area (Å²) in [6, 6.07) is 0. The molecule has 0 aromatic rings. The first-order valence-corrected chi connectivity index (χ1v) is 5.98. The predicted octanol–water partition coefficient (Wildman–Crippen LogP) is 3.01. The molecule has 1 heterocycles. The largest absolute Gasteiger partial charge is 0.303 e. The number of likely N-dealkylation sites (tertiary alicyclic amines) is 1. The van der Waals surface area contributed by atoms with Crippen LogP contribution in [0.25, 0.3) is 0 Å². The summed E-state index contributed by atoms with van der Waals surface area (Å²) in [5, 5.41) is 0. The van der Waals surface area contributed by atoms with Crippen molar-refractivity contribution >= 4 is 0 Å². The number of hydrogen-bond donors (Lipinski definition) is 0. The van der Waals surface area contributed by atoms with Crippen LogP contribution in [0.1, 0.15) is 40.5 Å². The van der Waals surface area contributed by atoms with Gasteiger partial charge in [-0.3, -0.25) is 0 Å². The van der Waals surface area contributed by atoms with Gasteiger partial charge >= 0.3 is 0 Å². The van der Waals surface area contributed by atoms with Crippen LogP contribution < -0.4 is 0 Å². The van der Waals surface area contributed by atoms with Gasteiger partial charge < -0.3 is 4.90 Å². The van der Waals surface area contributed by atoms with Crippen molar-refractivity contribution in [2.24, 2.45) is 17.8 Å². The lowest BCUT2D eigenvalue weighted by Crippen LogP contribution is -2.34. The fourth-order valence-corrected chi connectivity index (χ4v) is 2.34. The standard InChI is InChI=1S/C10H19N.C2H6/c1-8(2)6-11-4-3-9-5-10(9)7-11;1-2/h8-10H,3-7H2,1-2H3;1-2H3. The molecule has 13 heavy (non-hydrogen) atoms. The molecule has 0 amide bonds. The van der Waals surface area contributed by atoms with Crippen LogP contribution in [0, 0.1) is 17.8 Å². The monoisotopic (exact) mass is 183 g/mol. The highest BCUT2D eigenvalue weighted by Gasteiger charge is 2.41. The summed E-state index contributed by atoms with van der Waals surface area (Å²) >= 11 is 0. The molecule has 0 aromatic heterocycles. The van der Waals surface area contributed by atoms with Crippen molar-refractivity contribution in [1.29, 1.82) is 0 Å². The average molecular weight is 183 g/mol. The van der Waals surface area contributed by atoms with Crippen molar-refractivity contribution in [3.8, 4) is 0 Å². The molecule has 0 N–H and O–H groups in total. The maximum atomic E-state index is 2.65. The van der Waals surface area contributed by atoms with E-state index < -0.39 is 0 Å². The average Bonchev–Trinajstić information content (AvgIpc) is 2.85. The Labute approximate surface area is 83.5 Å². The number of fused-ring (bicyclic) bond motifs is 1. The first-order valence-electron chi connectivity index (χ1n) is 5.98. The van der Waals surface area contributed by atoms with Crippen LogP contribution in [-0.4, -0.2) is 24.5 Å². The zero-order chi connectivity index (χ0) is 9.84. The summed E-state index contributed by atoms with van der Waals surface area (Å²) in [5.41, 5.74) is 0. The van der Waals surface area contributed by atoms with Gasteiger partial charge in [0.25, 0.3) is 0 Å². The highest BCUT2D eigenvalue weighted by Crippen LogP contribution is 2.44. The second-order valence-electron chi connectivity index (χ2n) is 4.70. The number of rotatable bonds is 2. The van der Waals surface area contributed by atoms with Crippen molar-refractivity contribution in [1.82, 2.24) is 4.90 Å². The quantitative estimate of drug-likeness (QED) is 0.636. The van der Waals surface area contributed by atoms with Crippen LogP contribution in [0.15, 0.2) is 0 Å². The zero-order valence-electron chi connectivity index (χ0n) is 9.71. The van der Waals surface area contributed by atoms with Crippen molar-refractivity contribution in [2.75, 3.05) is 19.6 Å². The van der Waals surface area contributed by atoms with Gasteiger partial charge in [0.1, 0.15) is 0 Å². The van der Waals surface area contributed by atoms with E-state index >= 15 is 0 Å². The molecule has 1 saturated carbocycles. The third-order valence-corrected chi connectivity index (χ3v) is 3.00. The zero-order valence-corrected chi connectivity index (χ0v) is 9.71. The Morgan fingerprint density at radius 2 is 1.92 bits per heavy atom. The van der Waals surface area contributed by atoms with Crippen LogP contribution >= 0.6 is 0 Å². The number of piperidine rings is 1. The van der Waals surface area contributed by atoms with Crippen LogP contribution in [0.2, 0.25) is 0 Å². The van der Waals surface area contributed by atoms with E-state index in [1.165, 1.54) is 32.5 Å². The smallest absolute Gasteiger partial charge is 0.00125 e. The molecule has 78 valence electrons. The molecular weight excluding hydrogens is 158 g/mol. The Bertz CT molecular complexity index is 140. The summed E-state index contributed by atoms with van der Waals surface area (Å²) in [7, 11) is 0. The molecule has 1 saturated heterocycles. The lowest BCUT2D eigenvalue weighted by molar-refractivity contribution is 0.198. The molecule has 2 atom stereocenters. The van der Waals surface area contributed by atoms with Gasteiger partial charge in [0.2, 0.25) is 0 Å². The van der Waals surface area contributed by atoms with Crippen LogP contribution in [0.3, 0.4) is 0 Å². The van der Waals surface area contributed by atoms with E-state index in [-0.39, 0.29) is 0 Å². The maximum Gasteiger partial charge on any atom is 0.00125 e. The summed E-state index contributed by atoms with van der Waals surface area (Å²) in [4.78, 5) is 2.65. The SMILES string of the molecule is CC.CC(C)CN1CCC2CC2C1. The molecule has 2 aliphatic rings. The van der Waals surface area contributed by atoms with Gasteiger partial charge in [-0.25, -0.2) is 0 Å². The topological polar surface area (TPSA) is 3.24 Å². The van der Waals surface area contributed by atoms with E-state index in [0.29, 0.717) is 0 Å². The van der Waals surface area contributed by atoms with Crippen molar-refractivity contribution in [3.05, 3.63) is 0 Å². The Morgan fingerprint density at radius 3 is 2.46 bits per heavy atom. The molecule has 1 aliphatic heterocycles. The molecule has 1 nitrogen and oxygen atoms in total. The van der Waals surface area contributed by atoms with Gasteiger partial charge in [0, 0.05) is 13.1 Å². The molecule has 0 bridgehead atoms. The van der Waals surface area contributed by atoms with Gasteiger partial charge in [-0.2, -0.15) is 0 Å². The number of nitrogens with zero attached hydrogens (tertiary/aromatic N) is 1. The van der Waals surface area contributed by atoms with E-state index in [1.54, 1.807) is 0 Å². The van der Waals surface area contributed by atoms with Gasteiger partial charge in [-0.05, 0) is 37.1 Å². The van der Waals surface area contributed by atoms with Crippen LogP contribution in [-0.2, 0) is 0 Å². The third kappa shape index (κ3) is 3.30. The van der Waals surface area contributed by atoms with Crippen molar-refractivity contribution in [3.63, 3.8) is 0 Å². The Kier molecular flexibility index (Phi) is 4.24. The highest BCUT2D eigenvalue weighted by atomic mass is 15.1. The summed E-state index contributed by atoms with van der Waals surface area (Å²) in [6.07, 6.45) is 3.02. The molecule has 2 rings (SSSR count). The van der Waals surface area contributed by atoms with E-state index in [0.717, 1.165) is 17.8 Å². The van der Waals surface area contributed by atoms with Crippen molar-refractivity contribution in [2.45, 2.75) is 40.5 Å². The number of hydrogen-bond acceptors (Lipinski definition) is 1. The summed E-state index contributed by atoms with van der Waals surface area (Å²) < 4.78 is 0. The maximum absolute atomic E-state index is 2.65. The van der Waals surface area contributed by atoms with Crippen molar-refractivity contribution < 1.29 is 0 Å². The third-order valence-electron chi connectivity index (χ3n) is 3.00. The molecule has 2 unspecified atom stereocenters. The minimum absolute atomic E-state index is 0.852. The fraction of sp³-hybridized carbons (Fsp3) is 1.00.